The highest BCUT2D eigenvalue weighted by Gasteiger charge is 2.15. The highest BCUT2D eigenvalue weighted by Crippen LogP contribution is 2.26. The molecule has 0 spiro atoms. The quantitative estimate of drug-likeness (QED) is 0.587. The lowest BCUT2D eigenvalue weighted by Crippen LogP contribution is -2.21. The van der Waals surface area contributed by atoms with E-state index in [1.807, 2.05) is 6.20 Å². The molecule has 1 aliphatic rings. The molecule has 1 aromatic rings. The molecule has 1 aliphatic carbocycles. The SMILES string of the molecule is COCCNCCc1ncc(CC2CCCCCC2)o1. The first-order valence-corrected chi connectivity index (χ1v) is 8.01. The molecule has 0 radical (unpaired) electrons. The third-order valence-corrected chi connectivity index (χ3v) is 4.06. The van der Waals surface area contributed by atoms with Crippen molar-refractivity contribution in [3.05, 3.63) is 17.8 Å². The Hall–Kier alpha value is -0.870. The number of oxazole rings is 1. The molecular formula is C16H28N2O2. The van der Waals surface area contributed by atoms with Crippen molar-refractivity contribution in [1.82, 2.24) is 10.3 Å². The number of ether oxygens (including phenoxy) is 1. The van der Waals surface area contributed by atoms with Crippen LogP contribution in [0.5, 0.6) is 0 Å². The fraction of sp³-hybridized carbons (Fsp3) is 0.812. The summed E-state index contributed by atoms with van der Waals surface area (Å²) in [7, 11) is 1.72. The second-order valence-electron chi connectivity index (χ2n) is 5.77. The van der Waals surface area contributed by atoms with Crippen molar-refractivity contribution in [3.63, 3.8) is 0 Å². The van der Waals surface area contributed by atoms with E-state index >= 15 is 0 Å². The lowest BCUT2D eigenvalue weighted by molar-refractivity contribution is 0.199. The van der Waals surface area contributed by atoms with Crippen LogP contribution in [0.15, 0.2) is 10.6 Å². The molecule has 0 unspecified atom stereocenters. The Morgan fingerprint density at radius 3 is 2.80 bits per heavy atom. The van der Waals surface area contributed by atoms with Crippen LogP contribution in [0.2, 0.25) is 0 Å². The molecular weight excluding hydrogens is 252 g/mol. The Kier molecular flexibility index (Phi) is 7.09. The highest BCUT2D eigenvalue weighted by molar-refractivity contribution is 4.96. The van der Waals surface area contributed by atoms with Gasteiger partial charge in [0.1, 0.15) is 5.76 Å². The van der Waals surface area contributed by atoms with Gasteiger partial charge in [-0.05, 0) is 5.92 Å². The van der Waals surface area contributed by atoms with Crippen LogP contribution in [0.4, 0.5) is 0 Å². The first kappa shape index (κ1) is 15.5. The zero-order valence-electron chi connectivity index (χ0n) is 12.7. The first-order chi connectivity index (χ1) is 9.88. The molecule has 20 heavy (non-hydrogen) atoms. The molecule has 0 aliphatic heterocycles. The second kappa shape index (κ2) is 9.14. The maximum absolute atomic E-state index is 5.85. The van der Waals surface area contributed by atoms with E-state index in [9.17, 15) is 0 Å². The molecule has 0 amide bonds. The minimum atomic E-state index is 0.749. The third kappa shape index (κ3) is 5.63. The van der Waals surface area contributed by atoms with Crippen LogP contribution in [0.3, 0.4) is 0 Å². The Labute approximate surface area is 122 Å². The molecule has 0 bridgehead atoms. The monoisotopic (exact) mass is 280 g/mol. The van der Waals surface area contributed by atoms with Gasteiger partial charge in [0.25, 0.3) is 0 Å². The second-order valence-corrected chi connectivity index (χ2v) is 5.77. The summed E-state index contributed by atoms with van der Waals surface area (Å²) in [4.78, 5) is 4.39. The molecule has 114 valence electrons. The molecule has 1 saturated carbocycles. The van der Waals surface area contributed by atoms with Crippen LogP contribution in [0, 0.1) is 5.92 Å². The van der Waals surface area contributed by atoms with Crippen molar-refractivity contribution >= 4 is 0 Å². The molecule has 1 N–H and O–H groups in total. The van der Waals surface area contributed by atoms with E-state index in [1.54, 1.807) is 7.11 Å². The van der Waals surface area contributed by atoms with Crippen molar-refractivity contribution in [3.8, 4) is 0 Å². The standard InChI is InChI=1S/C16H28N2O2/c1-19-11-10-17-9-8-16-18-13-15(20-16)12-14-6-4-2-3-5-7-14/h13-14,17H,2-12H2,1H3. The van der Waals surface area contributed by atoms with Gasteiger partial charge < -0.3 is 14.5 Å². The van der Waals surface area contributed by atoms with Crippen molar-refractivity contribution < 1.29 is 9.15 Å². The van der Waals surface area contributed by atoms with E-state index in [0.29, 0.717) is 0 Å². The van der Waals surface area contributed by atoms with Crippen molar-refractivity contribution in [2.45, 2.75) is 51.4 Å². The topological polar surface area (TPSA) is 47.3 Å². The van der Waals surface area contributed by atoms with E-state index in [1.165, 1.54) is 38.5 Å². The maximum Gasteiger partial charge on any atom is 0.195 e. The van der Waals surface area contributed by atoms with Gasteiger partial charge in [0.2, 0.25) is 0 Å². The number of rotatable bonds is 8. The molecule has 0 saturated heterocycles. The Balaban J connectivity index is 1.68. The van der Waals surface area contributed by atoms with E-state index < -0.39 is 0 Å². The van der Waals surface area contributed by atoms with Gasteiger partial charge in [-0.25, -0.2) is 4.98 Å². The Morgan fingerprint density at radius 1 is 1.25 bits per heavy atom. The van der Waals surface area contributed by atoms with Gasteiger partial charge in [-0.3, -0.25) is 0 Å². The van der Waals surface area contributed by atoms with E-state index in [4.69, 9.17) is 9.15 Å². The number of hydrogen-bond acceptors (Lipinski definition) is 4. The van der Waals surface area contributed by atoms with Gasteiger partial charge >= 0.3 is 0 Å². The van der Waals surface area contributed by atoms with Crippen LogP contribution >= 0.6 is 0 Å². The predicted molar refractivity (Wildman–Crippen MR) is 79.8 cm³/mol. The summed E-state index contributed by atoms with van der Waals surface area (Å²) < 4.78 is 10.8. The van der Waals surface area contributed by atoms with Gasteiger partial charge in [-0.1, -0.05) is 38.5 Å². The van der Waals surface area contributed by atoms with E-state index in [-0.39, 0.29) is 0 Å². The first-order valence-electron chi connectivity index (χ1n) is 8.01. The van der Waals surface area contributed by atoms with Crippen LogP contribution in [-0.4, -0.2) is 31.8 Å². The number of methoxy groups -OCH3 is 1. The number of nitrogens with one attached hydrogen (secondary N) is 1. The summed E-state index contributed by atoms with van der Waals surface area (Å²) >= 11 is 0. The Morgan fingerprint density at radius 2 is 2.05 bits per heavy atom. The lowest BCUT2D eigenvalue weighted by Gasteiger charge is -2.11. The lowest BCUT2D eigenvalue weighted by atomic mass is 9.96. The van der Waals surface area contributed by atoms with Crippen LogP contribution in [-0.2, 0) is 17.6 Å². The summed E-state index contributed by atoms with van der Waals surface area (Å²) in [5.41, 5.74) is 0. The Bertz CT molecular complexity index is 357. The fourth-order valence-electron chi connectivity index (χ4n) is 2.91. The zero-order valence-corrected chi connectivity index (χ0v) is 12.7. The van der Waals surface area contributed by atoms with Crippen LogP contribution < -0.4 is 5.32 Å². The van der Waals surface area contributed by atoms with Crippen molar-refractivity contribution in [2.24, 2.45) is 5.92 Å². The normalized spacial score (nSPS) is 17.2. The minimum Gasteiger partial charge on any atom is -0.446 e. The summed E-state index contributed by atoms with van der Waals surface area (Å²) in [6.07, 6.45) is 12.2. The summed E-state index contributed by atoms with van der Waals surface area (Å²) in [5.74, 6) is 2.74. The van der Waals surface area contributed by atoms with Gasteiger partial charge in [0, 0.05) is 33.0 Å². The zero-order chi connectivity index (χ0) is 14.0. The fourth-order valence-corrected chi connectivity index (χ4v) is 2.91. The molecule has 1 heterocycles. The minimum absolute atomic E-state index is 0.749. The molecule has 4 nitrogen and oxygen atoms in total. The smallest absolute Gasteiger partial charge is 0.195 e. The number of nitrogens with zero attached hydrogens (tertiary/aromatic N) is 1. The number of hydrogen-bond donors (Lipinski definition) is 1. The average Bonchev–Trinajstić information content (AvgIpc) is 2.73. The van der Waals surface area contributed by atoms with Crippen LogP contribution in [0.1, 0.15) is 50.2 Å². The molecule has 0 aromatic carbocycles. The van der Waals surface area contributed by atoms with Gasteiger partial charge in [-0.2, -0.15) is 0 Å². The largest absolute Gasteiger partial charge is 0.446 e. The van der Waals surface area contributed by atoms with Crippen LogP contribution in [0.25, 0.3) is 0 Å². The third-order valence-electron chi connectivity index (χ3n) is 4.06. The molecule has 1 fully saturated rings. The van der Waals surface area contributed by atoms with E-state index in [0.717, 1.165) is 50.1 Å². The summed E-state index contributed by atoms with van der Waals surface area (Å²) in [6.45, 7) is 2.53. The average molecular weight is 280 g/mol. The van der Waals surface area contributed by atoms with Gasteiger partial charge in [0.15, 0.2) is 5.89 Å². The van der Waals surface area contributed by atoms with E-state index in [2.05, 4.69) is 10.3 Å². The van der Waals surface area contributed by atoms with Crippen molar-refractivity contribution in [1.29, 1.82) is 0 Å². The predicted octanol–water partition coefficient (Wildman–Crippen LogP) is 2.97. The van der Waals surface area contributed by atoms with Gasteiger partial charge in [0.05, 0.1) is 12.8 Å². The molecule has 1 aromatic heterocycles. The molecule has 0 atom stereocenters. The molecule has 4 heteroatoms. The summed E-state index contributed by atoms with van der Waals surface area (Å²) in [6, 6.07) is 0. The maximum atomic E-state index is 5.85. The number of aromatic nitrogens is 1. The summed E-state index contributed by atoms with van der Waals surface area (Å²) in [5, 5.41) is 3.31. The highest BCUT2D eigenvalue weighted by atomic mass is 16.5. The molecule has 2 rings (SSSR count). The van der Waals surface area contributed by atoms with Crippen molar-refractivity contribution in [2.75, 3.05) is 26.8 Å². The van der Waals surface area contributed by atoms with Gasteiger partial charge in [-0.15, -0.1) is 0 Å².